The van der Waals surface area contributed by atoms with Crippen LogP contribution < -0.4 is 10.6 Å². The van der Waals surface area contributed by atoms with Crippen LogP contribution in [0.2, 0.25) is 5.02 Å². The summed E-state index contributed by atoms with van der Waals surface area (Å²) in [4.78, 5) is 0. The molecule has 0 atom stereocenters. The van der Waals surface area contributed by atoms with Crippen LogP contribution in [0.3, 0.4) is 0 Å². The predicted molar refractivity (Wildman–Crippen MR) is 104 cm³/mol. The van der Waals surface area contributed by atoms with Gasteiger partial charge in [0.2, 0.25) is 0 Å². The van der Waals surface area contributed by atoms with Gasteiger partial charge in [0.25, 0.3) is 0 Å². The van der Waals surface area contributed by atoms with E-state index in [1.54, 1.807) is 29.2 Å². The lowest BCUT2D eigenvalue weighted by atomic mass is 10.2. The van der Waals surface area contributed by atoms with Crippen LogP contribution in [0.1, 0.15) is 11.1 Å². The van der Waals surface area contributed by atoms with Gasteiger partial charge in [0.1, 0.15) is 5.82 Å². The van der Waals surface area contributed by atoms with Crippen molar-refractivity contribution in [2.45, 2.75) is 13.5 Å². The highest BCUT2D eigenvalue weighted by molar-refractivity contribution is 7.80. The van der Waals surface area contributed by atoms with E-state index in [9.17, 15) is 4.39 Å². The van der Waals surface area contributed by atoms with Crippen molar-refractivity contribution in [2.75, 3.05) is 10.6 Å². The highest BCUT2D eigenvalue weighted by Gasteiger charge is 2.09. The Morgan fingerprint density at radius 1 is 1.16 bits per heavy atom. The zero-order valence-corrected chi connectivity index (χ0v) is 15.0. The second kappa shape index (κ2) is 7.63. The van der Waals surface area contributed by atoms with Crippen molar-refractivity contribution < 1.29 is 4.39 Å². The number of anilines is 2. The van der Waals surface area contributed by atoms with Crippen molar-refractivity contribution in [3.8, 4) is 0 Å². The average Bonchev–Trinajstić information content (AvgIpc) is 3.00. The number of hydrogen-bond donors (Lipinski definition) is 2. The SMILES string of the molecule is Cc1ccc(NC(=S)Nc2cnn(Cc3c(F)cccc3Cl)c2)cc1. The second-order valence-corrected chi connectivity index (χ2v) is 6.39. The van der Waals surface area contributed by atoms with Crippen LogP contribution in [0, 0.1) is 12.7 Å². The molecule has 4 nitrogen and oxygen atoms in total. The Kier molecular flexibility index (Phi) is 5.31. The smallest absolute Gasteiger partial charge is 0.175 e. The maximum atomic E-state index is 13.9. The highest BCUT2D eigenvalue weighted by atomic mass is 35.5. The first-order valence-corrected chi connectivity index (χ1v) is 8.40. The topological polar surface area (TPSA) is 41.9 Å². The van der Waals surface area contributed by atoms with Gasteiger partial charge in [-0.25, -0.2) is 4.39 Å². The number of thiocarbonyl (C=S) groups is 1. The Hall–Kier alpha value is -2.44. The summed E-state index contributed by atoms with van der Waals surface area (Å²) >= 11 is 11.3. The lowest BCUT2D eigenvalue weighted by molar-refractivity contribution is 0.585. The number of aromatic nitrogens is 2. The normalized spacial score (nSPS) is 10.5. The van der Waals surface area contributed by atoms with E-state index in [0.29, 0.717) is 21.4 Å². The van der Waals surface area contributed by atoms with Crippen molar-refractivity contribution in [1.82, 2.24) is 9.78 Å². The quantitative estimate of drug-likeness (QED) is 0.641. The standard InChI is InChI=1S/C18H16ClFN4S/c1-12-5-7-13(8-6-12)22-18(25)23-14-9-21-24(10-14)11-15-16(19)3-2-4-17(15)20/h2-10H,11H2,1H3,(H2,22,23,25). The van der Waals surface area contributed by atoms with Crippen LogP contribution >= 0.6 is 23.8 Å². The van der Waals surface area contributed by atoms with Gasteiger partial charge in [-0.05, 0) is 43.4 Å². The van der Waals surface area contributed by atoms with Crippen molar-refractivity contribution in [1.29, 1.82) is 0 Å². The zero-order valence-electron chi connectivity index (χ0n) is 13.5. The van der Waals surface area contributed by atoms with Gasteiger partial charge in [-0.1, -0.05) is 35.4 Å². The van der Waals surface area contributed by atoms with Crippen molar-refractivity contribution in [2.24, 2.45) is 0 Å². The molecule has 0 aliphatic rings. The number of hydrogen-bond acceptors (Lipinski definition) is 2. The number of nitrogens with one attached hydrogen (secondary N) is 2. The molecule has 7 heteroatoms. The molecule has 0 fully saturated rings. The fourth-order valence-corrected chi connectivity index (χ4v) is 2.75. The number of benzene rings is 2. The number of rotatable bonds is 4. The Labute approximate surface area is 155 Å². The van der Waals surface area contributed by atoms with Crippen LogP contribution in [0.4, 0.5) is 15.8 Å². The van der Waals surface area contributed by atoms with Crippen molar-refractivity contribution in [3.05, 3.63) is 76.8 Å². The fourth-order valence-electron chi connectivity index (χ4n) is 2.29. The van der Waals surface area contributed by atoms with E-state index in [2.05, 4.69) is 15.7 Å². The van der Waals surface area contributed by atoms with Crippen LogP contribution in [0.25, 0.3) is 0 Å². The summed E-state index contributed by atoms with van der Waals surface area (Å²) in [6.07, 6.45) is 3.36. The molecule has 25 heavy (non-hydrogen) atoms. The first-order chi connectivity index (χ1) is 12.0. The highest BCUT2D eigenvalue weighted by Crippen LogP contribution is 2.20. The summed E-state index contributed by atoms with van der Waals surface area (Å²) < 4.78 is 15.5. The molecule has 0 aliphatic carbocycles. The van der Waals surface area contributed by atoms with Crippen LogP contribution in [-0.2, 0) is 6.54 Å². The third-order valence-corrected chi connectivity index (χ3v) is 4.14. The zero-order chi connectivity index (χ0) is 17.8. The van der Waals surface area contributed by atoms with Gasteiger partial charge in [-0.2, -0.15) is 5.10 Å². The largest absolute Gasteiger partial charge is 0.332 e. The molecule has 0 amide bonds. The van der Waals surface area contributed by atoms with Crippen molar-refractivity contribution >= 4 is 40.3 Å². The average molecular weight is 375 g/mol. The minimum Gasteiger partial charge on any atom is -0.332 e. The third kappa shape index (κ3) is 4.55. The lowest BCUT2D eigenvalue weighted by Gasteiger charge is -2.09. The van der Waals surface area contributed by atoms with Gasteiger partial charge in [0.15, 0.2) is 5.11 Å². The molecule has 0 saturated carbocycles. The molecule has 0 bridgehead atoms. The molecule has 128 valence electrons. The number of nitrogens with zero attached hydrogens (tertiary/aromatic N) is 2. The van der Waals surface area contributed by atoms with E-state index in [1.807, 2.05) is 31.2 Å². The molecule has 1 heterocycles. The molecule has 0 radical (unpaired) electrons. The molecule has 2 aromatic carbocycles. The Balaban J connectivity index is 1.63. The van der Waals surface area contributed by atoms with Gasteiger partial charge in [-0.3, -0.25) is 4.68 Å². The van der Waals surface area contributed by atoms with Gasteiger partial charge in [-0.15, -0.1) is 0 Å². The molecule has 2 N–H and O–H groups in total. The van der Waals surface area contributed by atoms with Gasteiger partial charge in [0.05, 0.1) is 18.4 Å². The molecule has 0 aliphatic heterocycles. The van der Waals surface area contributed by atoms with Crippen LogP contribution in [0.5, 0.6) is 0 Å². The monoisotopic (exact) mass is 374 g/mol. The van der Waals surface area contributed by atoms with Gasteiger partial charge >= 0.3 is 0 Å². The van der Waals surface area contributed by atoms with E-state index in [0.717, 1.165) is 5.69 Å². The summed E-state index contributed by atoms with van der Waals surface area (Å²) in [5, 5.41) is 11.2. The third-order valence-electron chi connectivity index (χ3n) is 3.58. The van der Waals surface area contributed by atoms with Gasteiger partial charge < -0.3 is 10.6 Å². The maximum Gasteiger partial charge on any atom is 0.175 e. The summed E-state index contributed by atoms with van der Waals surface area (Å²) in [6, 6.07) is 12.5. The van der Waals surface area contributed by atoms with E-state index >= 15 is 0 Å². The minimum atomic E-state index is -0.353. The first-order valence-electron chi connectivity index (χ1n) is 7.61. The second-order valence-electron chi connectivity index (χ2n) is 5.57. The molecule has 0 unspecified atom stereocenters. The predicted octanol–water partition coefficient (Wildman–Crippen LogP) is 4.84. The molecular formula is C18H16ClFN4S. The molecule has 0 saturated heterocycles. The number of aryl methyl sites for hydroxylation is 1. The molecule has 1 aromatic heterocycles. The van der Waals surface area contributed by atoms with Crippen LogP contribution in [0.15, 0.2) is 54.9 Å². The van der Waals surface area contributed by atoms with E-state index in [-0.39, 0.29) is 12.4 Å². The molecule has 3 rings (SSSR count). The van der Waals surface area contributed by atoms with E-state index < -0.39 is 0 Å². The fraction of sp³-hybridized carbons (Fsp3) is 0.111. The summed E-state index contributed by atoms with van der Waals surface area (Å²) in [5.41, 5.74) is 3.18. The Morgan fingerprint density at radius 2 is 1.88 bits per heavy atom. The summed E-state index contributed by atoms with van der Waals surface area (Å²) in [6.45, 7) is 2.27. The van der Waals surface area contributed by atoms with Crippen molar-refractivity contribution in [3.63, 3.8) is 0 Å². The lowest BCUT2D eigenvalue weighted by Crippen LogP contribution is -2.18. The number of halogens is 2. The van der Waals surface area contributed by atoms with E-state index in [4.69, 9.17) is 23.8 Å². The summed E-state index contributed by atoms with van der Waals surface area (Å²) in [5.74, 6) is -0.353. The molecule has 3 aromatic rings. The van der Waals surface area contributed by atoms with E-state index in [1.165, 1.54) is 11.6 Å². The Bertz CT molecular complexity index is 872. The minimum absolute atomic E-state index is 0.241. The maximum absolute atomic E-state index is 13.9. The molecular weight excluding hydrogens is 359 g/mol. The summed E-state index contributed by atoms with van der Waals surface area (Å²) in [7, 11) is 0. The molecule has 0 spiro atoms. The van der Waals surface area contributed by atoms with Crippen LogP contribution in [-0.4, -0.2) is 14.9 Å². The first kappa shape index (κ1) is 17.4. The van der Waals surface area contributed by atoms with Gasteiger partial charge in [0, 0.05) is 22.5 Å². The Morgan fingerprint density at radius 3 is 2.60 bits per heavy atom.